The summed E-state index contributed by atoms with van der Waals surface area (Å²) in [5.74, 6) is 0.184. The van der Waals surface area contributed by atoms with Gasteiger partial charge in [-0.15, -0.1) is 0 Å². The second kappa shape index (κ2) is 12.8. The summed E-state index contributed by atoms with van der Waals surface area (Å²) in [5.41, 5.74) is 1.76. The number of unbranched alkanes of at least 4 members (excludes halogenated alkanes) is 3. The smallest absolute Gasteiger partial charge is 0.303 e. The van der Waals surface area contributed by atoms with Gasteiger partial charge in [-0.3, -0.25) is 9.59 Å². The van der Waals surface area contributed by atoms with Crippen molar-refractivity contribution in [3.63, 3.8) is 0 Å². The average molecular weight is 452 g/mol. The molecular formula is C27H33NO5. The summed E-state index contributed by atoms with van der Waals surface area (Å²) in [7, 11) is 0. The first-order chi connectivity index (χ1) is 16.0. The van der Waals surface area contributed by atoms with E-state index in [0.717, 1.165) is 42.6 Å². The summed E-state index contributed by atoms with van der Waals surface area (Å²) in [6.07, 6.45) is 7.73. The number of hydrogen-bond acceptors (Lipinski definition) is 4. The van der Waals surface area contributed by atoms with Crippen LogP contribution in [-0.2, 0) is 16.2 Å². The van der Waals surface area contributed by atoms with Crippen LogP contribution in [0.1, 0.15) is 62.2 Å². The van der Waals surface area contributed by atoms with Crippen molar-refractivity contribution in [1.82, 2.24) is 4.90 Å². The Morgan fingerprint density at radius 2 is 1.88 bits per heavy atom. The summed E-state index contributed by atoms with van der Waals surface area (Å²) < 4.78 is 5.79. The number of carbonyl (C=O) groups is 2. The Morgan fingerprint density at radius 3 is 2.67 bits per heavy atom. The van der Waals surface area contributed by atoms with Crippen molar-refractivity contribution in [1.29, 1.82) is 0 Å². The van der Waals surface area contributed by atoms with Gasteiger partial charge in [0.25, 0.3) is 0 Å². The summed E-state index contributed by atoms with van der Waals surface area (Å²) in [6, 6.07) is 17.3. The molecule has 1 unspecified atom stereocenters. The van der Waals surface area contributed by atoms with E-state index in [1.165, 1.54) is 0 Å². The Morgan fingerprint density at radius 1 is 1.09 bits per heavy atom. The highest BCUT2D eigenvalue weighted by Gasteiger charge is 2.28. The molecule has 0 aliphatic carbocycles. The van der Waals surface area contributed by atoms with Crippen LogP contribution in [0.25, 0.3) is 0 Å². The molecule has 2 aromatic carbocycles. The van der Waals surface area contributed by atoms with Crippen LogP contribution >= 0.6 is 0 Å². The molecule has 176 valence electrons. The lowest BCUT2D eigenvalue weighted by Crippen LogP contribution is -2.32. The van der Waals surface area contributed by atoms with Crippen LogP contribution in [0.5, 0.6) is 5.75 Å². The minimum absolute atomic E-state index is 0.00392. The lowest BCUT2D eigenvalue weighted by Gasteiger charge is -2.22. The third kappa shape index (κ3) is 8.06. The molecule has 0 radical (unpaired) electrons. The molecule has 2 N–H and O–H groups in total. The molecule has 3 rings (SSSR count). The molecule has 1 fully saturated rings. The summed E-state index contributed by atoms with van der Waals surface area (Å²) in [6.45, 7) is 1.09. The Kier molecular flexibility index (Phi) is 9.51. The maximum atomic E-state index is 12.3. The van der Waals surface area contributed by atoms with Gasteiger partial charge in [-0.05, 0) is 48.6 Å². The molecule has 0 saturated carbocycles. The quantitative estimate of drug-likeness (QED) is 0.335. The number of carbonyl (C=O) groups excluding carboxylic acids is 1. The van der Waals surface area contributed by atoms with Crippen LogP contribution in [0.2, 0.25) is 0 Å². The molecule has 0 bridgehead atoms. The van der Waals surface area contributed by atoms with Gasteiger partial charge in [-0.1, -0.05) is 61.4 Å². The molecule has 6 nitrogen and oxygen atoms in total. The van der Waals surface area contributed by atoms with Gasteiger partial charge in [0, 0.05) is 19.4 Å². The normalized spacial score (nSPS) is 16.9. The highest BCUT2D eigenvalue weighted by molar-refractivity contribution is 5.79. The van der Waals surface area contributed by atoms with Gasteiger partial charge in [0.2, 0.25) is 5.91 Å². The SMILES string of the molecule is O=C(O)CCCCCCN1C(=O)CC[C@@H]1C=CC(O)c1cccc(COc2ccccc2)c1. The van der Waals surface area contributed by atoms with Gasteiger partial charge in [0.05, 0.1) is 12.1 Å². The fourth-order valence-corrected chi connectivity index (χ4v) is 4.05. The van der Waals surface area contributed by atoms with Gasteiger partial charge >= 0.3 is 5.97 Å². The van der Waals surface area contributed by atoms with Crippen molar-refractivity contribution < 1.29 is 24.5 Å². The number of aliphatic hydroxyl groups is 1. The van der Waals surface area contributed by atoms with Gasteiger partial charge < -0.3 is 19.8 Å². The average Bonchev–Trinajstić information content (AvgIpc) is 3.18. The number of hydrogen-bond donors (Lipinski definition) is 2. The van der Waals surface area contributed by atoms with Gasteiger partial charge in [0.15, 0.2) is 0 Å². The zero-order valence-electron chi connectivity index (χ0n) is 18.9. The minimum atomic E-state index is -0.761. The largest absolute Gasteiger partial charge is 0.489 e. The van der Waals surface area contributed by atoms with Crippen LogP contribution in [0.4, 0.5) is 0 Å². The van der Waals surface area contributed by atoms with Crippen molar-refractivity contribution in [2.75, 3.05) is 6.54 Å². The number of para-hydroxylation sites is 1. The molecule has 33 heavy (non-hydrogen) atoms. The first kappa shape index (κ1) is 24.5. The fraction of sp³-hybridized carbons (Fsp3) is 0.407. The van der Waals surface area contributed by atoms with E-state index < -0.39 is 12.1 Å². The molecule has 1 aliphatic heterocycles. The monoisotopic (exact) mass is 451 g/mol. The molecule has 1 heterocycles. The molecule has 2 aromatic rings. The van der Waals surface area contributed by atoms with Crippen molar-refractivity contribution in [3.8, 4) is 5.75 Å². The molecule has 0 aromatic heterocycles. The van der Waals surface area contributed by atoms with E-state index in [1.54, 1.807) is 6.08 Å². The topological polar surface area (TPSA) is 87.1 Å². The zero-order valence-corrected chi connectivity index (χ0v) is 18.9. The Bertz CT molecular complexity index is 927. The first-order valence-electron chi connectivity index (χ1n) is 11.7. The third-order valence-corrected chi connectivity index (χ3v) is 5.87. The highest BCUT2D eigenvalue weighted by Crippen LogP contribution is 2.23. The molecule has 1 saturated heterocycles. The van der Waals surface area contributed by atoms with Crippen molar-refractivity contribution >= 4 is 11.9 Å². The van der Waals surface area contributed by atoms with Gasteiger partial charge in [-0.25, -0.2) is 0 Å². The van der Waals surface area contributed by atoms with E-state index in [0.29, 0.717) is 26.0 Å². The van der Waals surface area contributed by atoms with Crippen molar-refractivity contribution in [2.24, 2.45) is 0 Å². The van der Waals surface area contributed by atoms with E-state index in [-0.39, 0.29) is 18.4 Å². The van der Waals surface area contributed by atoms with Crippen LogP contribution in [0.15, 0.2) is 66.7 Å². The van der Waals surface area contributed by atoms with Gasteiger partial charge in [0.1, 0.15) is 12.4 Å². The van der Waals surface area contributed by atoms with E-state index >= 15 is 0 Å². The minimum Gasteiger partial charge on any atom is -0.489 e. The van der Waals surface area contributed by atoms with E-state index in [9.17, 15) is 14.7 Å². The fourth-order valence-electron chi connectivity index (χ4n) is 4.05. The number of carboxylic acids is 1. The Labute approximate surface area is 195 Å². The third-order valence-electron chi connectivity index (χ3n) is 5.87. The van der Waals surface area contributed by atoms with Crippen molar-refractivity contribution in [3.05, 3.63) is 77.9 Å². The van der Waals surface area contributed by atoms with E-state index in [4.69, 9.17) is 9.84 Å². The Hall–Kier alpha value is -3.12. The molecule has 6 heteroatoms. The molecule has 1 amide bonds. The first-order valence-corrected chi connectivity index (χ1v) is 11.7. The molecule has 2 atom stereocenters. The maximum absolute atomic E-state index is 12.3. The zero-order chi connectivity index (χ0) is 23.5. The predicted octanol–water partition coefficient (Wildman–Crippen LogP) is 4.88. The second-order valence-corrected chi connectivity index (χ2v) is 8.43. The number of carboxylic acid groups (broad SMARTS) is 1. The standard InChI is InChI=1S/C27H33NO5/c29-25(22-10-8-9-21(19-22)20-33-24-11-4-3-5-12-24)16-14-23-15-17-26(30)28(23)18-7-2-1-6-13-27(31)32/h3-5,8-12,14,16,19,23,25,29H,1-2,6-7,13,15,17-18,20H2,(H,31,32)/t23-,25?/m0/s1. The summed E-state index contributed by atoms with van der Waals surface area (Å²) in [4.78, 5) is 24.7. The van der Waals surface area contributed by atoms with Gasteiger partial charge in [-0.2, -0.15) is 0 Å². The molecule has 0 spiro atoms. The highest BCUT2D eigenvalue weighted by atomic mass is 16.5. The molecule has 1 aliphatic rings. The Balaban J connectivity index is 1.49. The molecular weight excluding hydrogens is 418 g/mol. The van der Waals surface area contributed by atoms with Crippen LogP contribution in [0.3, 0.4) is 0 Å². The number of nitrogens with zero attached hydrogens (tertiary/aromatic N) is 1. The second-order valence-electron chi connectivity index (χ2n) is 8.43. The number of aliphatic carboxylic acids is 1. The summed E-state index contributed by atoms with van der Waals surface area (Å²) in [5, 5.41) is 19.4. The lowest BCUT2D eigenvalue weighted by atomic mass is 10.0. The number of likely N-dealkylation sites (tertiary alicyclic amines) is 1. The number of benzene rings is 2. The van der Waals surface area contributed by atoms with E-state index in [2.05, 4.69) is 0 Å². The van der Waals surface area contributed by atoms with Crippen LogP contribution in [-0.4, -0.2) is 39.6 Å². The lowest BCUT2D eigenvalue weighted by molar-refractivity contribution is -0.137. The number of amides is 1. The maximum Gasteiger partial charge on any atom is 0.303 e. The number of ether oxygens (including phenoxy) is 1. The number of rotatable bonds is 13. The predicted molar refractivity (Wildman–Crippen MR) is 127 cm³/mol. The van der Waals surface area contributed by atoms with E-state index in [1.807, 2.05) is 65.6 Å². The van der Waals surface area contributed by atoms with Crippen LogP contribution in [0, 0.1) is 0 Å². The van der Waals surface area contributed by atoms with Crippen LogP contribution < -0.4 is 4.74 Å². The number of aliphatic hydroxyl groups excluding tert-OH is 1. The van der Waals surface area contributed by atoms with Crippen molar-refractivity contribution in [2.45, 2.75) is 63.7 Å². The summed E-state index contributed by atoms with van der Waals surface area (Å²) >= 11 is 0.